The van der Waals surface area contributed by atoms with Crippen molar-refractivity contribution in [2.24, 2.45) is 0 Å². The molecule has 1 heterocycles. The van der Waals surface area contributed by atoms with Crippen LogP contribution in [0, 0.1) is 0 Å². The Hall–Kier alpha value is -0.540. The van der Waals surface area contributed by atoms with Gasteiger partial charge < -0.3 is 10.1 Å². The summed E-state index contributed by atoms with van der Waals surface area (Å²) in [6.07, 6.45) is 1.50. The van der Waals surface area contributed by atoms with E-state index in [1.54, 1.807) is 0 Å². The minimum absolute atomic E-state index is 0.767. The monoisotopic (exact) mass is 156 g/mol. The standard InChI is InChI=1S/C8H16N2O/c1-2-11-8-7-10-5-3-9-4-6-10/h2,9H,1,3-8H2. The molecule has 1 aliphatic heterocycles. The van der Waals surface area contributed by atoms with Crippen LogP contribution in [0.25, 0.3) is 0 Å². The van der Waals surface area contributed by atoms with Gasteiger partial charge in [-0.05, 0) is 0 Å². The fourth-order valence-corrected chi connectivity index (χ4v) is 1.20. The van der Waals surface area contributed by atoms with Gasteiger partial charge in [0, 0.05) is 32.7 Å². The maximum Gasteiger partial charge on any atom is 0.0999 e. The highest BCUT2D eigenvalue weighted by Crippen LogP contribution is 1.91. The van der Waals surface area contributed by atoms with Gasteiger partial charge in [0.05, 0.1) is 12.9 Å². The number of ether oxygens (including phenoxy) is 1. The summed E-state index contributed by atoms with van der Waals surface area (Å²) in [5.74, 6) is 0. The van der Waals surface area contributed by atoms with E-state index in [-0.39, 0.29) is 0 Å². The third kappa shape index (κ3) is 3.39. The number of piperazine rings is 1. The van der Waals surface area contributed by atoms with Crippen LogP contribution in [0.3, 0.4) is 0 Å². The van der Waals surface area contributed by atoms with Crippen molar-refractivity contribution in [1.29, 1.82) is 0 Å². The van der Waals surface area contributed by atoms with Gasteiger partial charge in [0.1, 0.15) is 0 Å². The molecule has 1 aliphatic rings. The molecule has 0 saturated carbocycles. The van der Waals surface area contributed by atoms with Gasteiger partial charge in [0.15, 0.2) is 0 Å². The number of hydrogen-bond donors (Lipinski definition) is 1. The Labute approximate surface area is 68.0 Å². The molecule has 64 valence electrons. The summed E-state index contributed by atoms with van der Waals surface area (Å²) in [6.45, 7) is 9.77. The molecule has 0 aliphatic carbocycles. The second-order valence-electron chi connectivity index (χ2n) is 2.63. The Bertz CT molecular complexity index is 111. The van der Waals surface area contributed by atoms with Crippen molar-refractivity contribution >= 4 is 0 Å². The van der Waals surface area contributed by atoms with Gasteiger partial charge in [0.25, 0.3) is 0 Å². The lowest BCUT2D eigenvalue weighted by Crippen LogP contribution is -2.44. The van der Waals surface area contributed by atoms with Crippen LogP contribution in [0.1, 0.15) is 0 Å². The lowest BCUT2D eigenvalue weighted by molar-refractivity contribution is 0.165. The van der Waals surface area contributed by atoms with Crippen LogP contribution in [0.2, 0.25) is 0 Å². The molecule has 1 fully saturated rings. The molecule has 0 aromatic heterocycles. The van der Waals surface area contributed by atoms with Gasteiger partial charge in [0.2, 0.25) is 0 Å². The maximum absolute atomic E-state index is 5.04. The zero-order valence-electron chi connectivity index (χ0n) is 6.88. The molecule has 3 nitrogen and oxygen atoms in total. The normalized spacial score (nSPS) is 19.6. The lowest BCUT2D eigenvalue weighted by Gasteiger charge is -2.26. The van der Waals surface area contributed by atoms with Crippen LogP contribution in [-0.2, 0) is 4.74 Å². The molecular formula is C8H16N2O. The number of hydrogen-bond acceptors (Lipinski definition) is 3. The van der Waals surface area contributed by atoms with Crippen LogP contribution in [0.15, 0.2) is 12.8 Å². The molecule has 1 N–H and O–H groups in total. The van der Waals surface area contributed by atoms with E-state index in [1.807, 2.05) is 0 Å². The van der Waals surface area contributed by atoms with Crippen molar-refractivity contribution in [1.82, 2.24) is 10.2 Å². The van der Waals surface area contributed by atoms with Gasteiger partial charge in [-0.15, -0.1) is 0 Å². The van der Waals surface area contributed by atoms with E-state index in [0.29, 0.717) is 0 Å². The molecular weight excluding hydrogens is 140 g/mol. The van der Waals surface area contributed by atoms with E-state index in [2.05, 4.69) is 16.8 Å². The maximum atomic E-state index is 5.04. The summed E-state index contributed by atoms with van der Waals surface area (Å²) in [4.78, 5) is 2.39. The number of nitrogens with one attached hydrogen (secondary N) is 1. The quantitative estimate of drug-likeness (QED) is 0.460. The van der Waals surface area contributed by atoms with E-state index in [4.69, 9.17) is 4.74 Å². The first-order chi connectivity index (χ1) is 5.43. The minimum Gasteiger partial charge on any atom is -0.500 e. The summed E-state index contributed by atoms with van der Waals surface area (Å²) >= 11 is 0. The van der Waals surface area contributed by atoms with Gasteiger partial charge in [-0.25, -0.2) is 0 Å². The first-order valence-electron chi connectivity index (χ1n) is 4.09. The molecule has 1 rings (SSSR count). The molecule has 0 spiro atoms. The molecule has 0 aromatic carbocycles. The smallest absolute Gasteiger partial charge is 0.0999 e. The highest BCUT2D eigenvalue weighted by atomic mass is 16.5. The highest BCUT2D eigenvalue weighted by Gasteiger charge is 2.07. The van der Waals surface area contributed by atoms with E-state index in [0.717, 1.165) is 39.3 Å². The van der Waals surface area contributed by atoms with Crippen molar-refractivity contribution in [3.05, 3.63) is 12.8 Å². The Morgan fingerprint density at radius 3 is 2.82 bits per heavy atom. The van der Waals surface area contributed by atoms with Crippen LogP contribution in [-0.4, -0.2) is 44.2 Å². The Balaban J connectivity index is 2.00. The van der Waals surface area contributed by atoms with Gasteiger partial charge in [-0.1, -0.05) is 6.58 Å². The summed E-state index contributed by atoms with van der Waals surface area (Å²) in [5.41, 5.74) is 0. The minimum atomic E-state index is 0.767. The predicted molar refractivity (Wildman–Crippen MR) is 45.5 cm³/mol. The third-order valence-corrected chi connectivity index (χ3v) is 1.85. The second kappa shape index (κ2) is 5.16. The molecule has 0 aromatic rings. The second-order valence-corrected chi connectivity index (χ2v) is 2.63. The molecule has 0 unspecified atom stereocenters. The largest absolute Gasteiger partial charge is 0.500 e. The Kier molecular flexibility index (Phi) is 4.01. The summed E-state index contributed by atoms with van der Waals surface area (Å²) in [5, 5.41) is 3.30. The molecule has 3 heteroatoms. The van der Waals surface area contributed by atoms with Gasteiger partial charge in [-0.3, -0.25) is 4.90 Å². The SMILES string of the molecule is C=COCCN1CCNCC1. The third-order valence-electron chi connectivity index (χ3n) is 1.85. The summed E-state index contributed by atoms with van der Waals surface area (Å²) < 4.78 is 5.04. The highest BCUT2D eigenvalue weighted by molar-refractivity contribution is 4.67. The fraction of sp³-hybridized carbons (Fsp3) is 0.750. The zero-order chi connectivity index (χ0) is 7.94. The van der Waals surface area contributed by atoms with Crippen LogP contribution in [0.4, 0.5) is 0 Å². The predicted octanol–water partition coefficient (Wildman–Crippen LogP) is 0.0517. The molecule has 0 radical (unpaired) electrons. The van der Waals surface area contributed by atoms with E-state index >= 15 is 0 Å². The topological polar surface area (TPSA) is 24.5 Å². The van der Waals surface area contributed by atoms with Crippen LogP contribution < -0.4 is 5.32 Å². The molecule has 0 amide bonds. The Morgan fingerprint density at radius 1 is 1.45 bits per heavy atom. The molecule has 0 bridgehead atoms. The van der Waals surface area contributed by atoms with Crippen LogP contribution >= 0.6 is 0 Å². The number of nitrogens with zero attached hydrogens (tertiary/aromatic N) is 1. The average Bonchev–Trinajstić information content (AvgIpc) is 2.07. The van der Waals surface area contributed by atoms with Crippen molar-refractivity contribution in [2.45, 2.75) is 0 Å². The molecule has 1 saturated heterocycles. The molecule has 11 heavy (non-hydrogen) atoms. The van der Waals surface area contributed by atoms with Gasteiger partial charge >= 0.3 is 0 Å². The van der Waals surface area contributed by atoms with E-state index < -0.39 is 0 Å². The van der Waals surface area contributed by atoms with E-state index in [9.17, 15) is 0 Å². The summed E-state index contributed by atoms with van der Waals surface area (Å²) in [6, 6.07) is 0. The van der Waals surface area contributed by atoms with Crippen molar-refractivity contribution in [3.8, 4) is 0 Å². The number of rotatable bonds is 4. The first-order valence-corrected chi connectivity index (χ1v) is 4.09. The fourth-order valence-electron chi connectivity index (χ4n) is 1.20. The van der Waals surface area contributed by atoms with Gasteiger partial charge in [-0.2, -0.15) is 0 Å². The first kappa shape index (κ1) is 8.56. The zero-order valence-corrected chi connectivity index (χ0v) is 6.88. The van der Waals surface area contributed by atoms with Crippen molar-refractivity contribution in [3.63, 3.8) is 0 Å². The van der Waals surface area contributed by atoms with Crippen LogP contribution in [0.5, 0.6) is 0 Å². The lowest BCUT2D eigenvalue weighted by atomic mass is 10.4. The molecule has 0 atom stereocenters. The van der Waals surface area contributed by atoms with Crippen molar-refractivity contribution in [2.75, 3.05) is 39.3 Å². The Morgan fingerprint density at radius 2 is 2.18 bits per heavy atom. The van der Waals surface area contributed by atoms with Crippen molar-refractivity contribution < 1.29 is 4.74 Å². The summed E-state index contributed by atoms with van der Waals surface area (Å²) in [7, 11) is 0. The average molecular weight is 156 g/mol. The van der Waals surface area contributed by atoms with E-state index in [1.165, 1.54) is 6.26 Å².